The summed E-state index contributed by atoms with van der Waals surface area (Å²) < 4.78 is 0. The minimum absolute atomic E-state index is 0.156. The van der Waals surface area contributed by atoms with Crippen molar-refractivity contribution in [2.45, 2.75) is 31.7 Å². The fraction of sp³-hybridized carbons (Fsp3) is 0.318. The van der Waals surface area contributed by atoms with Crippen LogP contribution < -0.4 is 5.32 Å². The van der Waals surface area contributed by atoms with Gasteiger partial charge in [0.05, 0.1) is 0 Å². The fourth-order valence-electron chi connectivity index (χ4n) is 4.05. The number of rotatable bonds is 3. The van der Waals surface area contributed by atoms with Crippen molar-refractivity contribution in [3.05, 3.63) is 76.9 Å². The van der Waals surface area contributed by atoms with Crippen LogP contribution in [0, 0.1) is 5.92 Å². The Labute approximate surface area is 143 Å². The minimum Gasteiger partial charge on any atom is -0.310 e. The van der Waals surface area contributed by atoms with Gasteiger partial charge in [-0.1, -0.05) is 54.6 Å². The Balaban J connectivity index is 1.49. The molecule has 0 aromatic heterocycles. The predicted octanol–water partition coefficient (Wildman–Crippen LogP) is 4.33. The highest BCUT2D eigenvalue weighted by molar-refractivity contribution is 6.03. The highest BCUT2D eigenvalue weighted by Crippen LogP contribution is 2.36. The van der Waals surface area contributed by atoms with Gasteiger partial charge in [0.25, 0.3) is 0 Å². The molecule has 0 amide bonds. The Kier molecular flexibility index (Phi) is 4.31. The second-order valence-electron chi connectivity index (χ2n) is 6.87. The molecule has 2 aromatic rings. The molecule has 1 N–H and O–H groups in total. The second-order valence-corrected chi connectivity index (χ2v) is 6.87. The maximum atomic E-state index is 12.8. The van der Waals surface area contributed by atoms with Crippen molar-refractivity contribution in [2.75, 3.05) is 6.54 Å². The molecule has 1 saturated carbocycles. The van der Waals surface area contributed by atoms with E-state index in [4.69, 9.17) is 0 Å². The summed E-state index contributed by atoms with van der Waals surface area (Å²) >= 11 is 0. The predicted molar refractivity (Wildman–Crippen MR) is 97.7 cm³/mol. The van der Waals surface area contributed by atoms with Gasteiger partial charge in [-0.3, -0.25) is 4.79 Å². The molecule has 24 heavy (non-hydrogen) atoms. The van der Waals surface area contributed by atoms with Gasteiger partial charge in [0.2, 0.25) is 0 Å². The van der Waals surface area contributed by atoms with Gasteiger partial charge in [-0.25, -0.2) is 0 Å². The fourth-order valence-corrected chi connectivity index (χ4v) is 4.05. The van der Waals surface area contributed by atoms with Crippen LogP contribution in [0.4, 0.5) is 0 Å². The van der Waals surface area contributed by atoms with Crippen molar-refractivity contribution in [1.82, 2.24) is 5.32 Å². The van der Waals surface area contributed by atoms with Crippen LogP contribution in [0.3, 0.4) is 0 Å². The van der Waals surface area contributed by atoms with Gasteiger partial charge in [0.1, 0.15) is 0 Å². The van der Waals surface area contributed by atoms with Crippen LogP contribution in [0.2, 0.25) is 0 Å². The van der Waals surface area contributed by atoms with Gasteiger partial charge >= 0.3 is 0 Å². The number of carbonyl (C=O) groups excluding carboxylic acids is 1. The van der Waals surface area contributed by atoms with Crippen LogP contribution in [-0.4, -0.2) is 12.3 Å². The molecular weight excluding hydrogens is 294 g/mol. The summed E-state index contributed by atoms with van der Waals surface area (Å²) in [5.41, 5.74) is 4.95. The van der Waals surface area contributed by atoms with Gasteiger partial charge < -0.3 is 5.32 Å². The molecule has 1 fully saturated rings. The summed E-state index contributed by atoms with van der Waals surface area (Å²) in [6.45, 7) is 1.01. The molecule has 1 aliphatic heterocycles. The summed E-state index contributed by atoms with van der Waals surface area (Å²) in [7, 11) is 0. The molecule has 2 aromatic carbocycles. The standard InChI is InChI=1S/C22H23NO/c24-22-18(14-16-6-2-1-3-7-16)10-11-19(22)15-21-20-9-5-4-8-17(20)12-13-23-21/h1-9,14,19,21,23H,10-13,15H2/b18-14+. The SMILES string of the molecule is O=C1/C(=C/c2ccccc2)CCC1CC1NCCc2ccccc21. The zero-order valence-corrected chi connectivity index (χ0v) is 13.9. The van der Waals surface area contributed by atoms with E-state index in [1.165, 1.54) is 11.1 Å². The first-order chi connectivity index (χ1) is 11.8. The lowest BCUT2D eigenvalue weighted by Gasteiger charge is -2.28. The smallest absolute Gasteiger partial charge is 0.162 e. The number of hydrogen-bond acceptors (Lipinski definition) is 2. The number of Topliss-reactive ketones (excluding diaryl/α,β-unsaturated/α-hetero) is 1. The maximum absolute atomic E-state index is 12.8. The number of carbonyl (C=O) groups is 1. The van der Waals surface area contributed by atoms with E-state index in [0.717, 1.165) is 43.4 Å². The second kappa shape index (κ2) is 6.74. The Hall–Kier alpha value is -2.19. The van der Waals surface area contributed by atoms with Gasteiger partial charge in [-0.2, -0.15) is 0 Å². The molecule has 2 heteroatoms. The van der Waals surface area contributed by atoms with Gasteiger partial charge in [-0.05, 0) is 60.6 Å². The third-order valence-corrected chi connectivity index (χ3v) is 5.33. The molecule has 0 spiro atoms. The normalized spacial score (nSPS) is 25.0. The van der Waals surface area contributed by atoms with Crippen molar-refractivity contribution in [3.63, 3.8) is 0 Å². The molecule has 1 aliphatic carbocycles. The van der Waals surface area contributed by atoms with Crippen molar-refractivity contribution in [3.8, 4) is 0 Å². The molecule has 122 valence electrons. The first-order valence-electron chi connectivity index (χ1n) is 8.92. The maximum Gasteiger partial charge on any atom is 0.162 e. The van der Waals surface area contributed by atoms with Crippen LogP contribution in [0.15, 0.2) is 60.2 Å². The molecule has 2 aliphatic rings. The highest BCUT2D eigenvalue weighted by atomic mass is 16.1. The van der Waals surface area contributed by atoms with Crippen LogP contribution in [0.1, 0.15) is 42.0 Å². The third-order valence-electron chi connectivity index (χ3n) is 5.33. The van der Waals surface area contributed by atoms with E-state index < -0.39 is 0 Å². The largest absolute Gasteiger partial charge is 0.310 e. The molecule has 4 rings (SSSR count). The number of nitrogens with one attached hydrogen (secondary N) is 1. The van der Waals surface area contributed by atoms with E-state index in [0.29, 0.717) is 11.8 Å². The van der Waals surface area contributed by atoms with Crippen molar-refractivity contribution < 1.29 is 4.79 Å². The lowest BCUT2D eigenvalue weighted by molar-refractivity contribution is -0.118. The summed E-state index contributed by atoms with van der Waals surface area (Å²) in [5, 5.41) is 3.62. The molecule has 2 unspecified atom stereocenters. The van der Waals surface area contributed by atoms with Crippen molar-refractivity contribution >= 4 is 11.9 Å². The van der Waals surface area contributed by atoms with E-state index in [1.807, 2.05) is 18.2 Å². The number of hydrogen-bond donors (Lipinski definition) is 1. The van der Waals surface area contributed by atoms with E-state index in [2.05, 4.69) is 47.8 Å². The van der Waals surface area contributed by atoms with Crippen LogP contribution in [0.25, 0.3) is 6.08 Å². The lowest BCUT2D eigenvalue weighted by Crippen LogP contribution is -2.31. The monoisotopic (exact) mass is 317 g/mol. The van der Waals surface area contributed by atoms with Crippen LogP contribution in [-0.2, 0) is 11.2 Å². The Morgan fingerprint density at radius 3 is 2.67 bits per heavy atom. The molecular formula is C22H23NO. The Morgan fingerprint density at radius 1 is 1.00 bits per heavy atom. The quantitative estimate of drug-likeness (QED) is 0.854. The molecule has 2 atom stereocenters. The number of fused-ring (bicyclic) bond motifs is 1. The molecule has 2 nitrogen and oxygen atoms in total. The highest BCUT2D eigenvalue weighted by Gasteiger charge is 2.32. The van der Waals surface area contributed by atoms with Crippen LogP contribution in [0.5, 0.6) is 0 Å². The van der Waals surface area contributed by atoms with Crippen molar-refractivity contribution in [2.24, 2.45) is 5.92 Å². The summed E-state index contributed by atoms with van der Waals surface area (Å²) in [6.07, 6.45) is 5.97. The van der Waals surface area contributed by atoms with E-state index in [9.17, 15) is 4.79 Å². The van der Waals surface area contributed by atoms with E-state index >= 15 is 0 Å². The molecule has 1 heterocycles. The average molecular weight is 317 g/mol. The van der Waals surface area contributed by atoms with E-state index in [-0.39, 0.29) is 5.92 Å². The number of benzene rings is 2. The summed E-state index contributed by atoms with van der Waals surface area (Å²) in [4.78, 5) is 12.8. The van der Waals surface area contributed by atoms with Crippen molar-refractivity contribution in [1.29, 1.82) is 0 Å². The summed E-state index contributed by atoms with van der Waals surface area (Å²) in [6, 6.07) is 19.1. The topological polar surface area (TPSA) is 29.1 Å². The Bertz CT molecular complexity index is 763. The molecule has 0 saturated heterocycles. The first-order valence-corrected chi connectivity index (χ1v) is 8.92. The number of allylic oxidation sites excluding steroid dienone is 1. The number of ketones is 1. The van der Waals surface area contributed by atoms with Gasteiger partial charge in [-0.15, -0.1) is 0 Å². The zero-order valence-electron chi connectivity index (χ0n) is 13.9. The molecule has 0 radical (unpaired) electrons. The lowest BCUT2D eigenvalue weighted by atomic mass is 9.87. The average Bonchev–Trinajstić information content (AvgIpc) is 2.96. The minimum atomic E-state index is 0.156. The summed E-state index contributed by atoms with van der Waals surface area (Å²) in [5.74, 6) is 0.507. The Morgan fingerprint density at radius 2 is 1.79 bits per heavy atom. The van der Waals surface area contributed by atoms with Gasteiger partial charge in [0, 0.05) is 12.0 Å². The zero-order chi connectivity index (χ0) is 16.4. The van der Waals surface area contributed by atoms with Gasteiger partial charge in [0.15, 0.2) is 5.78 Å². The van der Waals surface area contributed by atoms with Crippen LogP contribution >= 0.6 is 0 Å². The first kappa shape index (κ1) is 15.3. The molecule has 0 bridgehead atoms. The van der Waals surface area contributed by atoms with E-state index in [1.54, 1.807) is 0 Å². The third kappa shape index (κ3) is 3.07.